The average molecular weight is 340 g/mol. The van der Waals surface area contributed by atoms with Gasteiger partial charge in [0.05, 0.1) is 18.4 Å². The van der Waals surface area contributed by atoms with E-state index in [-0.39, 0.29) is 17.9 Å². The molecule has 0 bridgehead atoms. The molecular formula is C20H24N2O3. The van der Waals surface area contributed by atoms with E-state index in [1.165, 1.54) is 0 Å². The number of carbonyl (C=O) groups is 2. The zero-order valence-corrected chi connectivity index (χ0v) is 15.1. The van der Waals surface area contributed by atoms with Crippen LogP contribution in [0.15, 0.2) is 42.5 Å². The molecule has 0 aliphatic rings. The molecule has 132 valence electrons. The second-order valence-electron chi connectivity index (χ2n) is 5.97. The number of benzene rings is 2. The van der Waals surface area contributed by atoms with E-state index >= 15 is 0 Å². The fraction of sp³-hybridized carbons (Fsp3) is 0.300. The van der Waals surface area contributed by atoms with Gasteiger partial charge in [0, 0.05) is 11.6 Å². The maximum atomic E-state index is 12.5. The van der Waals surface area contributed by atoms with Crippen molar-refractivity contribution in [3.8, 4) is 5.75 Å². The zero-order chi connectivity index (χ0) is 18.4. The third kappa shape index (κ3) is 4.59. The Morgan fingerprint density at radius 3 is 2.48 bits per heavy atom. The van der Waals surface area contributed by atoms with Crippen LogP contribution < -0.4 is 15.4 Å². The number of ether oxygens (including phenoxy) is 1. The van der Waals surface area contributed by atoms with Crippen molar-refractivity contribution >= 4 is 17.5 Å². The normalized spacial score (nSPS) is 11.5. The van der Waals surface area contributed by atoms with Crippen molar-refractivity contribution < 1.29 is 14.3 Å². The Hall–Kier alpha value is -2.82. The molecule has 25 heavy (non-hydrogen) atoms. The number of nitrogens with one attached hydrogen (secondary N) is 2. The summed E-state index contributed by atoms with van der Waals surface area (Å²) in [7, 11) is 1.59. The minimum absolute atomic E-state index is 0.0699. The highest BCUT2D eigenvalue weighted by Crippen LogP contribution is 2.21. The first kappa shape index (κ1) is 18.5. The summed E-state index contributed by atoms with van der Waals surface area (Å²) < 4.78 is 5.21. The van der Waals surface area contributed by atoms with E-state index in [1.54, 1.807) is 49.6 Å². The average Bonchev–Trinajstić information content (AvgIpc) is 2.61. The Balaban J connectivity index is 2.21. The Bertz CT molecular complexity index is 771. The molecular weight excluding hydrogens is 316 g/mol. The molecule has 0 fully saturated rings. The lowest BCUT2D eigenvalue weighted by Gasteiger charge is -2.15. The van der Waals surface area contributed by atoms with Crippen LogP contribution in [-0.4, -0.2) is 25.0 Å². The lowest BCUT2D eigenvalue weighted by atomic mass is 10.1. The van der Waals surface area contributed by atoms with Crippen LogP contribution in [0.5, 0.6) is 5.75 Å². The largest absolute Gasteiger partial charge is 0.496 e. The maximum Gasteiger partial charge on any atom is 0.255 e. The van der Waals surface area contributed by atoms with Gasteiger partial charge in [-0.25, -0.2) is 0 Å². The second-order valence-corrected chi connectivity index (χ2v) is 5.97. The SMILES string of the molecule is CCC(C)NC(=O)c1ccccc1NC(=O)c1ccc(OC)c(C)c1. The number of para-hydroxylation sites is 1. The molecule has 0 radical (unpaired) electrons. The first-order valence-corrected chi connectivity index (χ1v) is 8.32. The molecule has 5 heteroatoms. The standard InChI is InChI=1S/C20H24N2O3/c1-5-14(3)21-20(24)16-8-6-7-9-17(16)22-19(23)15-10-11-18(25-4)13(2)12-15/h6-12,14H,5H2,1-4H3,(H,21,24)(H,22,23). The van der Waals surface area contributed by atoms with Crippen LogP contribution in [0.3, 0.4) is 0 Å². The van der Waals surface area contributed by atoms with E-state index in [4.69, 9.17) is 4.74 Å². The van der Waals surface area contributed by atoms with Crippen LogP contribution in [0.1, 0.15) is 46.5 Å². The van der Waals surface area contributed by atoms with Crippen LogP contribution in [-0.2, 0) is 0 Å². The number of aryl methyl sites for hydroxylation is 1. The third-order valence-corrected chi connectivity index (χ3v) is 4.07. The highest BCUT2D eigenvalue weighted by Gasteiger charge is 2.15. The first-order valence-electron chi connectivity index (χ1n) is 8.32. The van der Waals surface area contributed by atoms with E-state index in [2.05, 4.69) is 10.6 Å². The van der Waals surface area contributed by atoms with Gasteiger partial charge in [0.1, 0.15) is 5.75 Å². The van der Waals surface area contributed by atoms with Gasteiger partial charge in [-0.1, -0.05) is 19.1 Å². The Morgan fingerprint density at radius 2 is 1.84 bits per heavy atom. The minimum atomic E-state index is -0.269. The number of methoxy groups -OCH3 is 1. The second kappa shape index (κ2) is 8.33. The molecule has 0 saturated heterocycles. The summed E-state index contributed by atoms with van der Waals surface area (Å²) >= 11 is 0. The molecule has 0 spiro atoms. The van der Waals surface area contributed by atoms with Gasteiger partial charge in [-0.3, -0.25) is 9.59 Å². The van der Waals surface area contributed by atoms with E-state index in [1.807, 2.05) is 20.8 Å². The molecule has 0 aliphatic carbocycles. The van der Waals surface area contributed by atoms with E-state index in [0.29, 0.717) is 16.8 Å². The molecule has 0 aliphatic heterocycles. The molecule has 2 N–H and O–H groups in total. The van der Waals surface area contributed by atoms with Crippen molar-refractivity contribution in [3.63, 3.8) is 0 Å². The lowest BCUT2D eigenvalue weighted by Crippen LogP contribution is -2.32. The van der Waals surface area contributed by atoms with Gasteiger partial charge in [-0.15, -0.1) is 0 Å². The van der Waals surface area contributed by atoms with Crippen LogP contribution in [0.2, 0.25) is 0 Å². The number of anilines is 1. The summed E-state index contributed by atoms with van der Waals surface area (Å²) in [5.74, 6) is 0.260. The third-order valence-electron chi connectivity index (χ3n) is 4.07. The monoisotopic (exact) mass is 340 g/mol. The van der Waals surface area contributed by atoms with E-state index in [9.17, 15) is 9.59 Å². The van der Waals surface area contributed by atoms with E-state index < -0.39 is 0 Å². The Labute approximate surface area is 148 Å². The summed E-state index contributed by atoms with van der Waals surface area (Å²) in [5.41, 5.74) is 2.32. The molecule has 0 heterocycles. The number of hydrogen-bond donors (Lipinski definition) is 2. The van der Waals surface area contributed by atoms with Gasteiger partial charge >= 0.3 is 0 Å². The van der Waals surface area contributed by atoms with Crippen LogP contribution in [0.25, 0.3) is 0 Å². The fourth-order valence-corrected chi connectivity index (χ4v) is 2.41. The van der Waals surface area contributed by atoms with Gasteiger partial charge < -0.3 is 15.4 Å². The zero-order valence-electron chi connectivity index (χ0n) is 15.1. The summed E-state index contributed by atoms with van der Waals surface area (Å²) in [6.45, 7) is 5.83. The molecule has 2 aromatic carbocycles. The summed E-state index contributed by atoms with van der Waals surface area (Å²) in [4.78, 5) is 24.9. The molecule has 5 nitrogen and oxygen atoms in total. The highest BCUT2D eigenvalue weighted by atomic mass is 16.5. The van der Waals surface area contributed by atoms with Crippen molar-refractivity contribution in [1.29, 1.82) is 0 Å². The summed E-state index contributed by atoms with van der Waals surface area (Å²) in [5, 5.41) is 5.74. The molecule has 1 atom stereocenters. The quantitative estimate of drug-likeness (QED) is 0.841. The predicted octanol–water partition coefficient (Wildman–Crippen LogP) is 3.78. The number of carbonyl (C=O) groups excluding carboxylic acids is 2. The van der Waals surface area contributed by atoms with Crippen LogP contribution in [0.4, 0.5) is 5.69 Å². The smallest absolute Gasteiger partial charge is 0.255 e. The van der Waals surface area contributed by atoms with Gasteiger partial charge in [0.25, 0.3) is 11.8 Å². The summed E-state index contributed by atoms with van der Waals surface area (Å²) in [6.07, 6.45) is 0.839. The lowest BCUT2D eigenvalue weighted by molar-refractivity contribution is 0.0940. The van der Waals surface area contributed by atoms with Crippen molar-refractivity contribution in [3.05, 3.63) is 59.2 Å². The molecule has 1 unspecified atom stereocenters. The molecule has 2 aromatic rings. The number of rotatable bonds is 6. The Morgan fingerprint density at radius 1 is 1.12 bits per heavy atom. The molecule has 2 rings (SSSR count). The van der Waals surface area contributed by atoms with Crippen molar-refractivity contribution in [2.45, 2.75) is 33.2 Å². The predicted molar refractivity (Wildman–Crippen MR) is 99.3 cm³/mol. The van der Waals surface area contributed by atoms with Crippen molar-refractivity contribution in [1.82, 2.24) is 5.32 Å². The van der Waals surface area contributed by atoms with Crippen molar-refractivity contribution in [2.75, 3.05) is 12.4 Å². The van der Waals surface area contributed by atoms with Gasteiger partial charge in [-0.2, -0.15) is 0 Å². The molecule has 0 aromatic heterocycles. The highest BCUT2D eigenvalue weighted by molar-refractivity contribution is 6.09. The number of amides is 2. The first-order chi connectivity index (χ1) is 12.0. The minimum Gasteiger partial charge on any atom is -0.496 e. The maximum absolute atomic E-state index is 12.5. The van der Waals surface area contributed by atoms with Crippen molar-refractivity contribution in [2.24, 2.45) is 0 Å². The molecule has 0 saturated carbocycles. The van der Waals surface area contributed by atoms with E-state index in [0.717, 1.165) is 17.7 Å². The number of hydrogen-bond acceptors (Lipinski definition) is 3. The summed E-state index contributed by atoms with van der Waals surface area (Å²) in [6, 6.07) is 12.3. The molecule has 2 amide bonds. The van der Waals surface area contributed by atoms with Gasteiger partial charge in [0.15, 0.2) is 0 Å². The topological polar surface area (TPSA) is 67.4 Å². The van der Waals surface area contributed by atoms with Crippen LogP contribution in [0, 0.1) is 6.92 Å². The fourth-order valence-electron chi connectivity index (χ4n) is 2.41. The van der Waals surface area contributed by atoms with Crippen LogP contribution >= 0.6 is 0 Å². The van der Waals surface area contributed by atoms with Gasteiger partial charge in [0.2, 0.25) is 0 Å². The Kier molecular flexibility index (Phi) is 6.17. The van der Waals surface area contributed by atoms with Gasteiger partial charge in [-0.05, 0) is 56.2 Å².